The van der Waals surface area contributed by atoms with Gasteiger partial charge in [0.1, 0.15) is 0 Å². The highest BCUT2D eigenvalue weighted by Gasteiger charge is 1.99. The molecule has 22 heavy (non-hydrogen) atoms. The molecule has 1 heterocycles. The van der Waals surface area contributed by atoms with Crippen LogP contribution in [0.2, 0.25) is 0 Å². The van der Waals surface area contributed by atoms with Crippen molar-refractivity contribution in [3.8, 4) is 0 Å². The second kappa shape index (κ2) is 13.5. The Balaban J connectivity index is 1.91. The normalized spacial score (nSPS) is 11.5. The van der Waals surface area contributed by atoms with Crippen molar-refractivity contribution >= 4 is 6.20 Å². The average Bonchev–Trinajstić information content (AvgIpc) is 2.98. The molecule has 0 unspecified atom stereocenters. The zero-order chi connectivity index (χ0) is 15.9. The fourth-order valence-electron chi connectivity index (χ4n) is 2.63. The number of nitrogens with zero attached hydrogens (tertiary/aromatic N) is 3. The van der Waals surface area contributed by atoms with E-state index in [0.29, 0.717) is 0 Å². The highest BCUT2D eigenvalue weighted by atomic mass is 16.2. The SMILES string of the molecule is CCCCCCCCCCCCCc1cn(C=CCO)nn1. The second-order valence-corrected chi connectivity index (χ2v) is 6.04. The molecule has 0 saturated heterocycles. The van der Waals surface area contributed by atoms with Gasteiger partial charge in [-0.05, 0) is 18.9 Å². The van der Waals surface area contributed by atoms with Gasteiger partial charge in [-0.2, -0.15) is 0 Å². The van der Waals surface area contributed by atoms with E-state index in [2.05, 4.69) is 17.2 Å². The largest absolute Gasteiger partial charge is 0.392 e. The van der Waals surface area contributed by atoms with Gasteiger partial charge >= 0.3 is 0 Å². The smallest absolute Gasteiger partial charge is 0.0831 e. The number of aliphatic hydroxyl groups excluding tert-OH is 1. The predicted molar refractivity (Wildman–Crippen MR) is 92.6 cm³/mol. The second-order valence-electron chi connectivity index (χ2n) is 6.04. The molecule has 1 N–H and O–H groups in total. The topological polar surface area (TPSA) is 50.9 Å². The average molecular weight is 307 g/mol. The van der Waals surface area contributed by atoms with Gasteiger partial charge in [0.2, 0.25) is 0 Å². The molecule has 0 bridgehead atoms. The van der Waals surface area contributed by atoms with Crippen molar-refractivity contribution in [2.24, 2.45) is 0 Å². The van der Waals surface area contributed by atoms with Crippen LogP contribution < -0.4 is 0 Å². The molecule has 0 saturated carbocycles. The summed E-state index contributed by atoms with van der Waals surface area (Å²) >= 11 is 0. The van der Waals surface area contributed by atoms with Crippen molar-refractivity contribution in [1.29, 1.82) is 0 Å². The Labute approximate surface area is 135 Å². The first-order chi connectivity index (χ1) is 10.9. The third-order valence-electron chi connectivity index (χ3n) is 3.96. The number of aromatic nitrogens is 3. The Morgan fingerprint density at radius 1 is 0.955 bits per heavy atom. The molecule has 0 aromatic carbocycles. The summed E-state index contributed by atoms with van der Waals surface area (Å²) in [5, 5.41) is 16.8. The van der Waals surface area contributed by atoms with Gasteiger partial charge in [-0.1, -0.05) is 76.3 Å². The molecule has 0 atom stereocenters. The van der Waals surface area contributed by atoms with Crippen molar-refractivity contribution in [3.63, 3.8) is 0 Å². The first-order valence-corrected chi connectivity index (χ1v) is 9.05. The molecule has 4 nitrogen and oxygen atoms in total. The lowest BCUT2D eigenvalue weighted by Crippen LogP contribution is -1.87. The number of hydrogen-bond donors (Lipinski definition) is 1. The van der Waals surface area contributed by atoms with E-state index in [0.717, 1.165) is 12.1 Å². The summed E-state index contributed by atoms with van der Waals surface area (Å²) in [6.45, 7) is 2.31. The maximum absolute atomic E-state index is 8.70. The third-order valence-corrected chi connectivity index (χ3v) is 3.96. The number of aliphatic hydroxyl groups is 1. The molecule has 0 amide bonds. The zero-order valence-corrected chi connectivity index (χ0v) is 14.2. The molecular weight excluding hydrogens is 274 g/mol. The fraction of sp³-hybridized carbons (Fsp3) is 0.778. The highest BCUT2D eigenvalue weighted by molar-refractivity contribution is 5.19. The number of aryl methyl sites for hydroxylation is 1. The Hall–Kier alpha value is -1.16. The molecule has 1 rings (SSSR count). The molecule has 0 aliphatic carbocycles. The summed E-state index contributed by atoms with van der Waals surface area (Å²) in [6, 6.07) is 0. The monoisotopic (exact) mass is 307 g/mol. The van der Waals surface area contributed by atoms with E-state index in [1.807, 2.05) is 6.20 Å². The molecule has 0 fully saturated rings. The van der Waals surface area contributed by atoms with E-state index in [-0.39, 0.29) is 6.61 Å². The molecule has 0 spiro atoms. The first kappa shape index (κ1) is 18.9. The number of unbranched alkanes of at least 4 members (excludes halogenated alkanes) is 10. The van der Waals surface area contributed by atoms with Crippen molar-refractivity contribution < 1.29 is 5.11 Å². The first-order valence-electron chi connectivity index (χ1n) is 9.05. The van der Waals surface area contributed by atoms with Gasteiger partial charge in [0.15, 0.2) is 0 Å². The summed E-state index contributed by atoms with van der Waals surface area (Å²) in [4.78, 5) is 0. The minimum Gasteiger partial charge on any atom is -0.392 e. The van der Waals surface area contributed by atoms with Gasteiger partial charge in [-0.3, -0.25) is 0 Å². The quantitative estimate of drug-likeness (QED) is 0.511. The maximum Gasteiger partial charge on any atom is 0.0831 e. The van der Waals surface area contributed by atoms with Gasteiger partial charge in [0, 0.05) is 6.20 Å². The van der Waals surface area contributed by atoms with Gasteiger partial charge in [-0.15, -0.1) is 5.10 Å². The number of hydrogen-bond acceptors (Lipinski definition) is 3. The van der Waals surface area contributed by atoms with Crippen LogP contribution in [0.3, 0.4) is 0 Å². The molecular formula is C18H33N3O. The lowest BCUT2D eigenvalue weighted by Gasteiger charge is -2.02. The van der Waals surface area contributed by atoms with Crippen molar-refractivity contribution in [2.45, 2.75) is 84.0 Å². The van der Waals surface area contributed by atoms with E-state index < -0.39 is 0 Å². The summed E-state index contributed by atoms with van der Waals surface area (Å²) in [5.41, 5.74) is 1.04. The Kier molecular flexibility index (Phi) is 11.6. The van der Waals surface area contributed by atoms with Crippen LogP contribution in [-0.4, -0.2) is 26.7 Å². The van der Waals surface area contributed by atoms with E-state index >= 15 is 0 Å². The standard InChI is InChI=1S/C18H33N3O/c1-2-3-4-5-6-7-8-9-10-11-12-14-18-17-21(20-19-18)15-13-16-22/h13,15,17,22H,2-12,14,16H2,1H3. The van der Waals surface area contributed by atoms with E-state index in [4.69, 9.17) is 5.11 Å². The van der Waals surface area contributed by atoms with Gasteiger partial charge < -0.3 is 5.11 Å². The van der Waals surface area contributed by atoms with Gasteiger partial charge in [0.25, 0.3) is 0 Å². The summed E-state index contributed by atoms with van der Waals surface area (Å²) in [6.07, 6.45) is 21.3. The molecule has 4 heteroatoms. The van der Waals surface area contributed by atoms with Crippen LogP contribution in [-0.2, 0) is 6.42 Å². The van der Waals surface area contributed by atoms with E-state index in [9.17, 15) is 0 Å². The van der Waals surface area contributed by atoms with Crippen LogP contribution >= 0.6 is 0 Å². The van der Waals surface area contributed by atoms with Crippen molar-refractivity contribution in [2.75, 3.05) is 6.61 Å². The van der Waals surface area contributed by atoms with Gasteiger partial charge in [0.05, 0.1) is 18.5 Å². The molecule has 1 aromatic heterocycles. The number of rotatable bonds is 14. The maximum atomic E-state index is 8.70. The van der Waals surface area contributed by atoms with E-state index in [1.165, 1.54) is 70.6 Å². The van der Waals surface area contributed by atoms with Crippen LogP contribution in [0.4, 0.5) is 0 Å². The Morgan fingerprint density at radius 3 is 2.14 bits per heavy atom. The predicted octanol–water partition coefficient (Wildman–Crippen LogP) is 4.59. The fourth-order valence-corrected chi connectivity index (χ4v) is 2.63. The molecule has 0 radical (unpaired) electrons. The van der Waals surface area contributed by atoms with Crippen molar-refractivity contribution in [1.82, 2.24) is 15.0 Å². The van der Waals surface area contributed by atoms with Crippen LogP contribution in [0.1, 0.15) is 83.2 Å². The summed E-state index contributed by atoms with van der Waals surface area (Å²) < 4.78 is 1.66. The van der Waals surface area contributed by atoms with Crippen LogP contribution in [0.25, 0.3) is 6.20 Å². The lowest BCUT2D eigenvalue weighted by atomic mass is 10.0. The summed E-state index contributed by atoms with van der Waals surface area (Å²) in [5.74, 6) is 0. The van der Waals surface area contributed by atoms with Crippen LogP contribution in [0.15, 0.2) is 12.3 Å². The molecule has 126 valence electrons. The van der Waals surface area contributed by atoms with Crippen LogP contribution in [0.5, 0.6) is 0 Å². The lowest BCUT2D eigenvalue weighted by molar-refractivity contribution is 0.343. The Morgan fingerprint density at radius 2 is 1.55 bits per heavy atom. The Bertz CT molecular complexity index is 387. The molecule has 0 aliphatic rings. The van der Waals surface area contributed by atoms with Gasteiger partial charge in [-0.25, -0.2) is 4.68 Å². The minimum atomic E-state index is 0.0355. The zero-order valence-electron chi connectivity index (χ0n) is 14.2. The summed E-state index contributed by atoms with van der Waals surface area (Å²) in [7, 11) is 0. The molecule has 1 aromatic rings. The minimum absolute atomic E-state index is 0.0355. The van der Waals surface area contributed by atoms with Crippen molar-refractivity contribution in [3.05, 3.63) is 18.0 Å². The molecule has 0 aliphatic heterocycles. The highest BCUT2D eigenvalue weighted by Crippen LogP contribution is 2.12. The van der Waals surface area contributed by atoms with E-state index in [1.54, 1.807) is 17.0 Å². The van der Waals surface area contributed by atoms with Crippen LogP contribution in [0, 0.1) is 0 Å². The third kappa shape index (κ3) is 9.72.